The third-order valence-electron chi connectivity index (χ3n) is 4.68. The molecule has 4 rings (SSSR count). The Balaban J connectivity index is 1.61. The van der Waals surface area contributed by atoms with Gasteiger partial charge >= 0.3 is 0 Å². The normalized spacial score (nSPS) is 17.4. The van der Waals surface area contributed by atoms with Crippen molar-refractivity contribution in [1.29, 1.82) is 0 Å². The van der Waals surface area contributed by atoms with Gasteiger partial charge in [-0.2, -0.15) is 5.10 Å². The van der Waals surface area contributed by atoms with E-state index in [9.17, 15) is 9.59 Å². The lowest BCUT2D eigenvalue weighted by Gasteiger charge is -2.17. The quantitative estimate of drug-likeness (QED) is 0.712. The van der Waals surface area contributed by atoms with E-state index in [4.69, 9.17) is 0 Å². The van der Waals surface area contributed by atoms with Gasteiger partial charge in [-0.3, -0.25) is 18.7 Å². The molecule has 0 radical (unpaired) electrons. The number of likely N-dealkylation sites (tertiary alicyclic amines) is 1. The molecule has 1 amide bonds. The predicted octanol–water partition coefficient (Wildman–Crippen LogP) is 1.60. The van der Waals surface area contributed by atoms with E-state index in [1.807, 2.05) is 30.7 Å². The average molecular weight is 337 g/mol. The molecule has 0 N–H and O–H groups in total. The molecule has 0 spiro atoms. The topological polar surface area (TPSA) is 72.5 Å². The summed E-state index contributed by atoms with van der Waals surface area (Å²) in [5, 5.41) is 4.52. The largest absolute Gasteiger partial charge is 0.336 e. The number of carbonyl (C=O) groups excluding carboxylic acids is 1. The first-order valence-corrected chi connectivity index (χ1v) is 8.33. The first-order chi connectivity index (χ1) is 12.0. The van der Waals surface area contributed by atoms with Crippen LogP contribution in [0, 0.1) is 13.8 Å². The fourth-order valence-corrected chi connectivity index (χ4v) is 3.49. The van der Waals surface area contributed by atoms with E-state index in [0.29, 0.717) is 18.7 Å². The standard InChI is InChI=1S/C18H19N5O2/c1-12-9-13(2)23(20-12)14-6-8-21(11-14)17(24)15-10-19-16-5-3-4-7-22(16)18(15)25/h3-5,7,9-10,14H,6,8,11H2,1-2H3. The zero-order valence-electron chi connectivity index (χ0n) is 14.2. The number of amides is 1. The number of carbonyl (C=O) groups is 1. The number of hydrogen-bond acceptors (Lipinski definition) is 4. The number of nitrogens with zero attached hydrogens (tertiary/aromatic N) is 5. The number of aromatic nitrogens is 4. The molecule has 0 aliphatic carbocycles. The second-order valence-corrected chi connectivity index (χ2v) is 6.47. The van der Waals surface area contributed by atoms with Crippen molar-refractivity contribution >= 4 is 11.6 Å². The van der Waals surface area contributed by atoms with Gasteiger partial charge in [0.15, 0.2) is 0 Å². The van der Waals surface area contributed by atoms with Crippen LogP contribution in [0.4, 0.5) is 0 Å². The zero-order valence-corrected chi connectivity index (χ0v) is 14.2. The Morgan fingerprint density at radius 3 is 2.88 bits per heavy atom. The summed E-state index contributed by atoms with van der Waals surface area (Å²) in [6.45, 7) is 5.14. The van der Waals surface area contributed by atoms with E-state index in [1.54, 1.807) is 23.2 Å². The molecule has 0 bridgehead atoms. The van der Waals surface area contributed by atoms with Gasteiger partial charge in [0.1, 0.15) is 11.2 Å². The Kier molecular flexibility index (Phi) is 3.63. The highest BCUT2D eigenvalue weighted by atomic mass is 16.2. The average Bonchev–Trinajstić information content (AvgIpc) is 3.21. The van der Waals surface area contributed by atoms with Crippen molar-refractivity contribution < 1.29 is 4.79 Å². The van der Waals surface area contributed by atoms with E-state index in [-0.39, 0.29) is 23.1 Å². The summed E-state index contributed by atoms with van der Waals surface area (Å²) in [5.41, 5.74) is 2.37. The van der Waals surface area contributed by atoms with Crippen LogP contribution in [0.1, 0.15) is 34.2 Å². The summed E-state index contributed by atoms with van der Waals surface area (Å²) in [6, 6.07) is 7.48. The Bertz CT molecular complexity index is 1020. The second kappa shape index (κ2) is 5.84. The van der Waals surface area contributed by atoms with Gasteiger partial charge in [-0.15, -0.1) is 0 Å². The molecule has 1 atom stereocenters. The van der Waals surface area contributed by atoms with Crippen LogP contribution in [0.25, 0.3) is 5.65 Å². The van der Waals surface area contributed by atoms with Gasteiger partial charge < -0.3 is 4.90 Å². The molecular weight excluding hydrogens is 318 g/mol. The van der Waals surface area contributed by atoms with Gasteiger partial charge in [0.2, 0.25) is 0 Å². The van der Waals surface area contributed by atoms with Crippen LogP contribution in [0.3, 0.4) is 0 Å². The number of aryl methyl sites for hydroxylation is 2. The molecule has 0 saturated carbocycles. The summed E-state index contributed by atoms with van der Waals surface area (Å²) in [5.74, 6) is -0.264. The highest BCUT2D eigenvalue weighted by Crippen LogP contribution is 2.24. The Morgan fingerprint density at radius 2 is 2.12 bits per heavy atom. The minimum Gasteiger partial charge on any atom is -0.336 e. The van der Waals surface area contributed by atoms with Gasteiger partial charge in [-0.05, 0) is 38.5 Å². The molecule has 7 heteroatoms. The summed E-state index contributed by atoms with van der Waals surface area (Å²) in [4.78, 5) is 31.4. The fourth-order valence-electron chi connectivity index (χ4n) is 3.49. The molecular formula is C18H19N5O2. The van der Waals surface area contributed by atoms with E-state index in [1.165, 1.54) is 10.6 Å². The second-order valence-electron chi connectivity index (χ2n) is 6.47. The predicted molar refractivity (Wildman–Crippen MR) is 92.7 cm³/mol. The number of rotatable bonds is 2. The van der Waals surface area contributed by atoms with Gasteiger partial charge in [0.25, 0.3) is 11.5 Å². The molecule has 128 valence electrons. The molecule has 1 fully saturated rings. The molecule has 3 aromatic rings. The maximum Gasteiger partial charge on any atom is 0.270 e. The van der Waals surface area contributed by atoms with Crippen LogP contribution in [0.5, 0.6) is 0 Å². The molecule has 1 aliphatic rings. The monoisotopic (exact) mass is 337 g/mol. The molecule has 7 nitrogen and oxygen atoms in total. The van der Waals surface area contributed by atoms with Crippen molar-refractivity contribution in [1.82, 2.24) is 24.1 Å². The SMILES string of the molecule is Cc1cc(C)n(C2CCN(C(=O)c3cnc4ccccn4c3=O)C2)n1. The third-order valence-corrected chi connectivity index (χ3v) is 4.68. The first kappa shape index (κ1) is 15.6. The Hall–Kier alpha value is -2.96. The number of fused-ring (bicyclic) bond motifs is 1. The van der Waals surface area contributed by atoms with Crippen molar-refractivity contribution in [2.24, 2.45) is 0 Å². The Morgan fingerprint density at radius 1 is 1.28 bits per heavy atom. The molecule has 1 aliphatic heterocycles. The zero-order chi connectivity index (χ0) is 17.6. The van der Waals surface area contributed by atoms with Gasteiger partial charge in [-0.25, -0.2) is 4.98 Å². The van der Waals surface area contributed by atoms with Crippen molar-refractivity contribution in [2.45, 2.75) is 26.3 Å². The van der Waals surface area contributed by atoms with E-state index >= 15 is 0 Å². The van der Waals surface area contributed by atoms with Crippen molar-refractivity contribution in [3.05, 3.63) is 64.0 Å². The lowest BCUT2D eigenvalue weighted by atomic mass is 10.2. The summed E-state index contributed by atoms with van der Waals surface area (Å²) in [7, 11) is 0. The lowest BCUT2D eigenvalue weighted by Crippen LogP contribution is -2.34. The van der Waals surface area contributed by atoms with Crippen LogP contribution in [-0.2, 0) is 0 Å². The van der Waals surface area contributed by atoms with Crippen molar-refractivity contribution in [2.75, 3.05) is 13.1 Å². The van der Waals surface area contributed by atoms with Crippen molar-refractivity contribution in [3.8, 4) is 0 Å². The van der Waals surface area contributed by atoms with E-state index in [2.05, 4.69) is 10.1 Å². The summed E-state index contributed by atoms with van der Waals surface area (Å²) < 4.78 is 3.38. The van der Waals surface area contributed by atoms with Gasteiger partial charge in [0.05, 0.1) is 11.7 Å². The first-order valence-electron chi connectivity index (χ1n) is 8.33. The lowest BCUT2D eigenvalue weighted by molar-refractivity contribution is 0.0784. The maximum atomic E-state index is 12.8. The molecule has 1 saturated heterocycles. The summed E-state index contributed by atoms with van der Waals surface area (Å²) in [6.07, 6.45) is 3.84. The Labute approximate surface area is 144 Å². The highest BCUT2D eigenvalue weighted by molar-refractivity contribution is 5.94. The minimum absolute atomic E-state index is 0.109. The van der Waals surface area contributed by atoms with E-state index in [0.717, 1.165) is 17.8 Å². The number of pyridine rings is 1. The molecule has 3 aromatic heterocycles. The van der Waals surface area contributed by atoms with Gasteiger partial charge in [-0.1, -0.05) is 6.07 Å². The molecule has 4 heterocycles. The minimum atomic E-state index is -0.329. The van der Waals surface area contributed by atoms with Crippen LogP contribution in [0.2, 0.25) is 0 Å². The van der Waals surface area contributed by atoms with Crippen LogP contribution < -0.4 is 5.56 Å². The smallest absolute Gasteiger partial charge is 0.270 e. The van der Waals surface area contributed by atoms with Crippen LogP contribution in [-0.4, -0.2) is 43.1 Å². The fraction of sp³-hybridized carbons (Fsp3) is 0.333. The summed E-state index contributed by atoms with van der Waals surface area (Å²) >= 11 is 0. The molecule has 25 heavy (non-hydrogen) atoms. The molecule has 1 unspecified atom stereocenters. The van der Waals surface area contributed by atoms with Crippen molar-refractivity contribution in [3.63, 3.8) is 0 Å². The van der Waals surface area contributed by atoms with Crippen LogP contribution in [0.15, 0.2) is 41.5 Å². The third kappa shape index (κ3) is 2.61. The van der Waals surface area contributed by atoms with E-state index < -0.39 is 0 Å². The molecule has 0 aromatic carbocycles. The number of hydrogen-bond donors (Lipinski definition) is 0. The highest BCUT2D eigenvalue weighted by Gasteiger charge is 2.30. The maximum absolute atomic E-state index is 12.8. The van der Waals surface area contributed by atoms with Crippen LogP contribution >= 0.6 is 0 Å². The van der Waals surface area contributed by atoms with Gasteiger partial charge in [0, 0.05) is 31.2 Å².